The van der Waals surface area contributed by atoms with Gasteiger partial charge in [-0.1, -0.05) is 0 Å². The fraction of sp³-hybridized carbons (Fsp3) is 0.800. The molecule has 0 aliphatic rings. The summed E-state index contributed by atoms with van der Waals surface area (Å²) in [6.07, 6.45) is 0. The van der Waals surface area contributed by atoms with Gasteiger partial charge in [-0.25, -0.2) is 0 Å². The van der Waals surface area contributed by atoms with Crippen LogP contribution in [0, 0.1) is 0 Å². The van der Waals surface area contributed by atoms with Gasteiger partial charge in [-0.15, -0.1) is 0 Å². The average molecular weight is 232 g/mol. The molecule has 2 N–H and O–H groups in total. The Balaban J connectivity index is 3.46. The Morgan fingerprint density at radius 1 is 0.875 bits per heavy atom. The summed E-state index contributed by atoms with van der Waals surface area (Å²) in [6.45, 7) is 6.41. The van der Waals surface area contributed by atoms with Gasteiger partial charge in [0.25, 0.3) is 0 Å². The highest BCUT2D eigenvalue weighted by Gasteiger charge is 2.11. The Kier molecular flexibility index (Phi) is 9.64. The second kappa shape index (κ2) is 10.4. The number of hydrogen-bond acceptors (Lipinski definition) is 4. The van der Waals surface area contributed by atoms with Crippen LogP contribution >= 0.6 is 0 Å². The van der Waals surface area contributed by atoms with Gasteiger partial charge in [0.05, 0.1) is 13.2 Å². The standard InChI is InChI=1S/C10H20N2O4/c1-3-15-7-5-11-9(13)10(14)12-6-8-16-4-2/h3-8H2,1-2H3,(H,11,13)(H,12,14). The molecule has 0 heterocycles. The molecule has 0 aromatic heterocycles. The Morgan fingerprint density at radius 3 is 1.56 bits per heavy atom. The van der Waals surface area contributed by atoms with Crippen LogP contribution in [0.1, 0.15) is 13.8 Å². The van der Waals surface area contributed by atoms with Crippen LogP contribution < -0.4 is 10.6 Å². The molecule has 0 aliphatic carbocycles. The molecule has 0 saturated heterocycles. The van der Waals surface area contributed by atoms with Gasteiger partial charge in [0.2, 0.25) is 0 Å². The highest BCUT2D eigenvalue weighted by molar-refractivity contribution is 6.35. The van der Waals surface area contributed by atoms with Crippen molar-refractivity contribution >= 4 is 11.8 Å². The van der Waals surface area contributed by atoms with Crippen molar-refractivity contribution in [1.29, 1.82) is 0 Å². The molecule has 6 nitrogen and oxygen atoms in total. The van der Waals surface area contributed by atoms with E-state index in [9.17, 15) is 9.59 Å². The number of carbonyl (C=O) groups is 2. The minimum atomic E-state index is -0.642. The normalized spacial score (nSPS) is 9.88. The van der Waals surface area contributed by atoms with Crippen molar-refractivity contribution in [2.75, 3.05) is 39.5 Å². The second-order valence-electron chi connectivity index (χ2n) is 2.91. The predicted octanol–water partition coefficient (Wildman–Crippen LogP) is -0.708. The first-order chi connectivity index (χ1) is 7.72. The van der Waals surface area contributed by atoms with Gasteiger partial charge in [0.15, 0.2) is 0 Å². The van der Waals surface area contributed by atoms with Crippen molar-refractivity contribution in [2.24, 2.45) is 0 Å². The van der Waals surface area contributed by atoms with Gasteiger partial charge in [0.1, 0.15) is 0 Å². The lowest BCUT2D eigenvalue weighted by atomic mass is 10.5. The molecule has 0 unspecified atom stereocenters. The first-order valence-corrected chi connectivity index (χ1v) is 5.43. The van der Waals surface area contributed by atoms with Crippen molar-refractivity contribution in [2.45, 2.75) is 13.8 Å². The molecule has 0 aliphatic heterocycles. The Bertz CT molecular complexity index is 187. The van der Waals surface area contributed by atoms with E-state index in [1.54, 1.807) is 0 Å². The minimum Gasteiger partial charge on any atom is -0.380 e. The first kappa shape index (κ1) is 14.9. The molecule has 0 rings (SSSR count). The molecule has 0 fully saturated rings. The van der Waals surface area contributed by atoms with Crippen molar-refractivity contribution in [1.82, 2.24) is 10.6 Å². The van der Waals surface area contributed by atoms with Crippen LogP contribution in [0.3, 0.4) is 0 Å². The van der Waals surface area contributed by atoms with Crippen LogP contribution in [0.15, 0.2) is 0 Å². The van der Waals surface area contributed by atoms with E-state index in [1.807, 2.05) is 13.8 Å². The summed E-state index contributed by atoms with van der Waals surface area (Å²) in [4.78, 5) is 22.3. The summed E-state index contributed by atoms with van der Waals surface area (Å²) in [7, 11) is 0. The number of ether oxygens (including phenoxy) is 2. The van der Waals surface area contributed by atoms with E-state index in [2.05, 4.69) is 10.6 Å². The maximum atomic E-state index is 11.2. The summed E-state index contributed by atoms with van der Waals surface area (Å²) in [5.41, 5.74) is 0. The molecule has 0 aromatic carbocycles. The Labute approximate surface area is 95.7 Å². The molecule has 0 aromatic rings. The van der Waals surface area contributed by atoms with Gasteiger partial charge in [0, 0.05) is 26.3 Å². The van der Waals surface area contributed by atoms with Gasteiger partial charge < -0.3 is 20.1 Å². The fourth-order valence-electron chi connectivity index (χ4n) is 0.923. The Hall–Kier alpha value is -1.14. The third-order valence-corrected chi connectivity index (χ3v) is 1.68. The van der Waals surface area contributed by atoms with Gasteiger partial charge in [-0.3, -0.25) is 9.59 Å². The zero-order valence-electron chi connectivity index (χ0n) is 9.88. The van der Waals surface area contributed by atoms with Crippen molar-refractivity contribution in [3.63, 3.8) is 0 Å². The number of carbonyl (C=O) groups excluding carboxylic acids is 2. The van der Waals surface area contributed by atoms with Gasteiger partial charge in [-0.2, -0.15) is 0 Å². The highest BCUT2D eigenvalue weighted by atomic mass is 16.5. The summed E-state index contributed by atoms with van der Waals surface area (Å²) in [6, 6.07) is 0. The molecular formula is C10H20N2O4. The Morgan fingerprint density at radius 2 is 1.25 bits per heavy atom. The monoisotopic (exact) mass is 232 g/mol. The van der Waals surface area contributed by atoms with Crippen LogP contribution in [-0.4, -0.2) is 51.3 Å². The van der Waals surface area contributed by atoms with Gasteiger partial charge in [-0.05, 0) is 13.8 Å². The van der Waals surface area contributed by atoms with Crippen LogP contribution in [-0.2, 0) is 19.1 Å². The topological polar surface area (TPSA) is 76.7 Å². The van der Waals surface area contributed by atoms with E-state index < -0.39 is 11.8 Å². The lowest BCUT2D eigenvalue weighted by Gasteiger charge is -2.06. The summed E-state index contributed by atoms with van der Waals surface area (Å²) >= 11 is 0. The summed E-state index contributed by atoms with van der Waals surface area (Å²) < 4.78 is 10.0. The van der Waals surface area contributed by atoms with Gasteiger partial charge >= 0.3 is 11.8 Å². The van der Waals surface area contributed by atoms with E-state index in [0.29, 0.717) is 39.5 Å². The molecule has 94 valence electrons. The highest BCUT2D eigenvalue weighted by Crippen LogP contribution is 1.74. The SMILES string of the molecule is CCOCCNC(=O)C(=O)NCCOCC. The molecule has 6 heteroatoms. The maximum absolute atomic E-state index is 11.2. The summed E-state index contributed by atoms with van der Waals surface area (Å²) in [5.74, 6) is -1.28. The van der Waals surface area contributed by atoms with Crippen molar-refractivity contribution < 1.29 is 19.1 Å². The van der Waals surface area contributed by atoms with Crippen LogP contribution in [0.4, 0.5) is 0 Å². The second-order valence-corrected chi connectivity index (χ2v) is 2.91. The van der Waals surface area contributed by atoms with E-state index in [1.165, 1.54) is 0 Å². The molecule has 0 saturated carbocycles. The number of rotatable bonds is 8. The van der Waals surface area contributed by atoms with Crippen LogP contribution in [0.2, 0.25) is 0 Å². The molecule has 2 amide bonds. The maximum Gasteiger partial charge on any atom is 0.309 e. The third-order valence-electron chi connectivity index (χ3n) is 1.68. The van der Waals surface area contributed by atoms with E-state index in [0.717, 1.165) is 0 Å². The first-order valence-electron chi connectivity index (χ1n) is 5.43. The molecule has 16 heavy (non-hydrogen) atoms. The average Bonchev–Trinajstić information content (AvgIpc) is 2.29. The lowest BCUT2D eigenvalue weighted by Crippen LogP contribution is -2.42. The summed E-state index contributed by atoms with van der Waals surface area (Å²) in [5, 5.41) is 4.88. The fourth-order valence-corrected chi connectivity index (χ4v) is 0.923. The number of hydrogen-bond donors (Lipinski definition) is 2. The largest absolute Gasteiger partial charge is 0.380 e. The predicted molar refractivity (Wildman–Crippen MR) is 59.0 cm³/mol. The zero-order valence-corrected chi connectivity index (χ0v) is 9.88. The molecular weight excluding hydrogens is 212 g/mol. The van der Waals surface area contributed by atoms with E-state index >= 15 is 0 Å². The zero-order chi connectivity index (χ0) is 12.2. The number of amides is 2. The van der Waals surface area contributed by atoms with E-state index in [-0.39, 0.29) is 0 Å². The van der Waals surface area contributed by atoms with Crippen molar-refractivity contribution in [3.8, 4) is 0 Å². The third kappa shape index (κ3) is 8.19. The molecule has 0 bridgehead atoms. The van der Waals surface area contributed by atoms with Crippen LogP contribution in [0.25, 0.3) is 0 Å². The minimum absolute atomic E-state index is 0.339. The quantitative estimate of drug-likeness (QED) is 0.428. The number of nitrogens with one attached hydrogen (secondary N) is 2. The lowest BCUT2D eigenvalue weighted by molar-refractivity contribution is -0.139. The van der Waals surface area contributed by atoms with E-state index in [4.69, 9.17) is 9.47 Å². The molecule has 0 radical (unpaired) electrons. The van der Waals surface area contributed by atoms with Crippen molar-refractivity contribution in [3.05, 3.63) is 0 Å². The van der Waals surface area contributed by atoms with Crippen LogP contribution in [0.5, 0.6) is 0 Å². The molecule has 0 spiro atoms. The molecule has 0 atom stereocenters. The smallest absolute Gasteiger partial charge is 0.309 e.